The Morgan fingerprint density at radius 2 is 2.00 bits per heavy atom. The van der Waals surface area contributed by atoms with Crippen LogP contribution in [-0.2, 0) is 0 Å². The van der Waals surface area contributed by atoms with Crippen LogP contribution in [0.1, 0.15) is 47.3 Å². The van der Waals surface area contributed by atoms with Crippen LogP contribution in [-0.4, -0.2) is 21.9 Å². The van der Waals surface area contributed by atoms with Crippen molar-refractivity contribution in [2.45, 2.75) is 45.6 Å². The minimum absolute atomic E-state index is 0.291. The smallest absolute Gasteiger partial charge is 0.274 e. The molecule has 1 aromatic carbocycles. The summed E-state index contributed by atoms with van der Waals surface area (Å²) in [5.41, 5.74) is 2.92. The Hall–Kier alpha value is -2.14. The molecule has 0 radical (unpaired) electrons. The number of rotatable bonds is 4. The van der Waals surface area contributed by atoms with Gasteiger partial charge in [-0.3, -0.25) is 4.79 Å². The Kier molecular flexibility index (Phi) is 5.00. The summed E-state index contributed by atoms with van der Waals surface area (Å²) in [5.74, 6) is 0.210. The van der Waals surface area contributed by atoms with E-state index in [1.165, 1.54) is 12.8 Å². The van der Waals surface area contributed by atoms with Crippen molar-refractivity contribution >= 4 is 29.1 Å². The van der Waals surface area contributed by atoms with E-state index in [2.05, 4.69) is 20.6 Å². The number of amides is 1. The van der Waals surface area contributed by atoms with E-state index in [1.54, 1.807) is 12.3 Å². The van der Waals surface area contributed by atoms with Gasteiger partial charge in [-0.1, -0.05) is 30.5 Å². The van der Waals surface area contributed by atoms with Gasteiger partial charge in [0.05, 0.1) is 10.7 Å². The van der Waals surface area contributed by atoms with E-state index in [0.717, 1.165) is 24.0 Å². The second-order valence-corrected chi connectivity index (χ2v) is 6.69. The summed E-state index contributed by atoms with van der Waals surface area (Å²) in [6.07, 6.45) is 6.30. The maximum Gasteiger partial charge on any atom is 0.274 e. The largest absolute Gasteiger partial charge is 0.351 e. The Balaban J connectivity index is 1.75. The Labute approximate surface area is 146 Å². The molecular formula is C18H21ClN4O. The molecule has 0 bridgehead atoms. The third kappa shape index (κ3) is 3.85. The molecule has 1 saturated carbocycles. The van der Waals surface area contributed by atoms with Crippen molar-refractivity contribution in [3.8, 4) is 0 Å². The van der Waals surface area contributed by atoms with Crippen molar-refractivity contribution < 1.29 is 4.79 Å². The first-order valence-corrected chi connectivity index (χ1v) is 8.58. The molecule has 1 aliphatic rings. The number of hydrogen-bond acceptors (Lipinski definition) is 4. The third-order valence-electron chi connectivity index (χ3n) is 4.25. The predicted molar refractivity (Wildman–Crippen MR) is 96.8 cm³/mol. The van der Waals surface area contributed by atoms with Crippen molar-refractivity contribution in [3.63, 3.8) is 0 Å². The molecule has 1 aromatic heterocycles. The number of anilines is 2. The van der Waals surface area contributed by atoms with Gasteiger partial charge in [0.2, 0.25) is 5.95 Å². The average Bonchev–Trinajstić information content (AvgIpc) is 3.04. The fraction of sp³-hybridized carbons (Fsp3) is 0.389. The standard InChI is InChI=1S/C18H21ClN4O/c1-11-9-12(2)16(14(19)10-11)23-17(24)15-7-8-20-18(22-15)21-13-5-3-4-6-13/h7-10,13H,3-6H2,1-2H3,(H,23,24)(H,20,21,22). The normalized spacial score (nSPS) is 14.6. The number of nitrogens with zero attached hydrogens (tertiary/aromatic N) is 2. The van der Waals surface area contributed by atoms with Crippen LogP contribution >= 0.6 is 11.6 Å². The summed E-state index contributed by atoms with van der Waals surface area (Å²) in [4.78, 5) is 21.0. The summed E-state index contributed by atoms with van der Waals surface area (Å²) < 4.78 is 0. The van der Waals surface area contributed by atoms with E-state index in [1.807, 2.05) is 26.0 Å². The van der Waals surface area contributed by atoms with E-state index in [9.17, 15) is 4.79 Å². The minimum Gasteiger partial charge on any atom is -0.351 e. The van der Waals surface area contributed by atoms with Crippen molar-refractivity contribution in [3.05, 3.63) is 46.2 Å². The molecule has 6 heteroatoms. The second kappa shape index (κ2) is 7.18. The highest BCUT2D eigenvalue weighted by Crippen LogP contribution is 2.27. The second-order valence-electron chi connectivity index (χ2n) is 6.28. The molecule has 2 N–H and O–H groups in total. The molecule has 0 saturated heterocycles. The molecule has 1 fully saturated rings. The summed E-state index contributed by atoms with van der Waals surface area (Å²) in [6.45, 7) is 3.89. The van der Waals surface area contributed by atoms with Crippen molar-refractivity contribution in [1.29, 1.82) is 0 Å². The fourth-order valence-corrected chi connectivity index (χ4v) is 3.43. The van der Waals surface area contributed by atoms with E-state index in [0.29, 0.717) is 28.4 Å². The number of carbonyl (C=O) groups is 1. The molecule has 126 valence electrons. The molecule has 0 atom stereocenters. The molecule has 1 amide bonds. The van der Waals surface area contributed by atoms with Crippen LogP contribution in [0.25, 0.3) is 0 Å². The van der Waals surface area contributed by atoms with Gasteiger partial charge in [0, 0.05) is 12.2 Å². The number of aryl methyl sites for hydroxylation is 2. The molecule has 0 aliphatic heterocycles. The van der Waals surface area contributed by atoms with Gasteiger partial charge in [-0.05, 0) is 49.9 Å². The molecule has 0 unspecified atom stereocenters. The molecule has 0 spiro atoms. The number of carbonyl (C=O) groups excluding carboxylic acids is 1. The van der Waals surface area contributed by atoms with Gasteiger partial charge in [0.15, 0.2) is 0 Å². The van der Waals surface area contributed by atoms with E-state index >= 15 is 0 Å². The molecular weight excluding hydrogens is 324 g/mol. The van der Waals surface area contributed by atoms with Crippen LogP contribution in [0, 0.1) is 13.8 Å². The zero-order chi connectivity index (χ0) is 17.1. The molecule has 1 heterocycles. The van der Waals surface area contributed by atoms with Gasteiger partial charge in [0.25, 0.3) is 5.91 Å². The first kappa shape index (κ1) is 16.7. The topological polar surface area (TPSA) is 66.9 Å². The highest BCUT2D eigenvalue weighted by molar-refractivity contribution is 6.34. The summed E-state index contributed by atoms with van der Waals surface area (Å²) >= 11 is 6.25. The first-order valence-electron chi connectivity index (χ1n) is 8.20. The Morgan fingerprint density at radius 3 is 2.71 bits per heavy atom. The highest BCUT2D eigenvalue weighted by Gasteiger charge is 2.17. The number of benzene rings is 1. The van der Waals surface area contributed by atoms with Crippen molar-refractivity contribution in [1.82, 2.24) is 9.97 Å². The van der Waals surface area contributed by atoms with Gasteiger partial charge in [0.1, 0.15) is 5.69 Å². The minimum atomic E-state index is -0.291. The van der Waals surface area contributed by atoms with E-state index in [-0.39, 0.29) is 5.91 Å². The lowest BCUT2D eigenvalue weighted by atomic mass is 10.1. The van der Waals surface area contributed by atoms with Gasteiger partial charge < -0.3 is 10.6 Å². The average molecular weight is 345 g/mol. The van der Waals surface area contributed by atoms with Crippen LogP contribution in [0.4, 0.5) is 11.6 Å². The maximum absolute atomic E-state index is 12.5. The zero-order valence-electron chi connectivity index (χ0n) is 13.9. The summed E-state index contributed by atoms with van der Waals surface area (Å²) in [6, 6.07) is 5.82. The summed E-state index contributed by atoms with van der Waals surface area (Å²) in [7, 11) is 0. The molecule has 1 aliphatic carbocycles. The highest BCUT2D eigenvalue weighted by atomic mass is 35.5. The van der Waals surface area contributed by atoms with Gasteiger partial charge >= 0.3 is 0 Å². The van der Waals surface area contributed by atoms with Crippen molar-refractivity contribution in [2.24, 2.45) is 0 Å². The number of halogens is 1. The third-order valence-corrected chi connectivity index (χ3v) is 4.54. The molecule has 2 aromatic rings. The lowest BCUT2D eigenvalue weighted by Crippen LogP contribution is -2.19. The lowest BCUT2D eigenvalue weighted by molar-refractivity contribution is 0.102. The number of hydrogen-bond donors (Lipinski definition) is 2. The summed E-state index contributed by atoms with van der Waals surface area (Å²) in [5, 5.41) is 6.68. The monoisotopic (exact) mass is 344 g/mol. The van der Waals surface area contributed by atoms with Crippen LogP contribution < -0.4 is 10.6 Å². The van der Waals surface area contributed by atoms with Gasteiger partial charge in [-0.2, -0.15) is 0 Å². The maximum atomic E-state index is 12.5. The van der Waals surface area contributed by atoms with Gasteiger partial charge in [-0.25, -0.2) is 9.97 Å². The lowest BCUT2D eigenvalue weighted by Gasteiger charge is -2.13. The molecule has 24 heavy (non-hydrogen) atoms. The Morgan fingerprint density at radius 1 is 1.25 bits per heavy atom. The number of nitrogens with one attached hydrogen (secondary N) is 2. The number of aromatic nitrogens is 2. The zero-order valence-corrected chi connectivity index (χ0v) is 14.7. The molecule has 5 nitrogen and oxygen atoms in total. The predicted octanol–water partition coefficient (Wildman–Crippen LogP) is 4.35. The van der Waals surface area contributed by atoms with E-state index < -0.39 is 0 Å². The van der Waals surface area contributed by atoms with Crippen LogP contribution in [0.5, 0.6) is 0 Å². The Bertz CT molecular complexity index is 733. The van der Waals surface area contributed by atoms with Crippen LogP contribution in [0.3, 0.4) is 0 Å². The SMILES string of the molecule is Cc1cc(C)c(NC(=O)c2ccnc(NC3CCCC3)n2)c(Cl)c1. The van der Waals surface area contributed by atoms with Crippen molar-refractivity contribution in [2.75, 3.05) is 10.6 Å². The van der Waals surface area contributed by atoms with Gasteiger partial charge in [-0.15, -0.1) is 0 Å². The van der Waals surface area contributed by atoms with E-state index in [4.69, 9.17) is 11.6 Å². The van der Waals surface area contributed by atoms with Crippen LogP contribution in [0.2, 0.25) is 5.02 Å². The fourth-order valence-electron chi connectivity index (χ4n) is 3.06. The molecule has 3 rings (SSSR count). The van der Waals surface area contributed by atoms with Crippen LogP contribution in [0.15, 0.2) is 24.4 Å². The quantitative estimate of drug-likeness (QED) is 0.865. The first-order chi connectivity index (χ1) is 11.5.